The monoisotopic (exact) mass is 302 g/mol. The van der Waals surface area contributed by atoms with Crippen molar-refractivity contribution in [2.24, 2.45) is 0 Å². The van der Waals surface area contributed by atoms with Gasteiger partial charge >= 0.3 is 0 Å². The van der Waals surface area contributed by atoms with Crippen molar-refractivity contribution in [3.05, 3.63) is 32.8 Å². The molecule has 0 radical (unpaired) electrons. The topological polar surface area (TPSA) is 63.8 Å². The lowest BCUT2D eigenvalue weighted by molar-refractivity contribution is 0.617. The van der Waals surface area contributed by atoms with Crippen molar-refractivity contribution in [1.29, 1.82) is 0 Å². The molecule has 0 bridgehead atoms. The number of hydrogen-bond acceptors (Lipinski definition) is 5. The van der Waals surface area contributed by atoms with Crippen LogP contribution in [0.3, 0.4) is 0 Å². The van der Waals surface area contributed by atoms with Gasteiger partial charge in [-0.2, -0.15) is 4.98 Å². The standard InChI is InChI=1S/C9H8BrFN4S/c10-5-1-6(16-4-5)2-13-8-7(11)3-14-9(12)15-8/h1,3-4H,2H2,(H3,12,13,14,15). The van der Waals surface area contributed by atoms with Crippen molar-refractivity contribution in [2.45, 2.75) is 6.54 Å². The van der Waals surface area contributed by atoms with Gasteiger partial charge in [0.1, 0.15) is 0 Å². The van der Waals surface area contributed by atoms with Gasteiger partial charge in [0.05, 0.1) is 12.7 Å². The largest absolute Gasteiger partial charge is 0.368 e. The lowest BCUT2D eigenvalue weighted by atomic mass is 10.4. The Morgan fingerprint density at radius 3 is 3.06 bits per heavy atom. The van der Waals surface area contributed by atoms with Crippen molar-refractivity contribution in [1.82, 2.24) is 9.97 Å². The molecule has 0 atom stereocenters. The Morgan fingerprint density at radius 2 is 2.38 bits per heavy atom. The zero-order valence-electron chi connectivity index (χ0n) is 8.08. The van der Waals surface area contributed by atoms with Crippen LogP contribution >= 0.6 is 27.3 Å². The normalized spacial score (nSPS) is 10.4. The Labute approximate surface area is 104 Å². The van der Waals surface area contributed by atoms with Crippen LogP contribution in [0.4, 0.5) is 16.2 Å². The summed E-state index contributed by atoms with van der Waals surface area (Å²) < 4.78 is 14.2. The molecule has 0 amide bonds. The van der Waals surface area contributed by atoms with E-state index < -0.39 is 5.82 Å². The molecule has 3 N–H and O–H groups in total. The second-order valence-corrected chi connectivity index (χ2v) is 4.92. The molecule has 4 nitrogen and oxygen atoms in total. The fraction of sp³-hybridized carbons (Fsp3) is 0.111. The molecule has 0 fully saturated rings. The summed E-state index contributed by atoms with van der Waals surface area (Å²) in [5.41, 5.74) is 5.37. The quantitative estimate of drug-likeness (QED) is 0.915. The number of nitrogens with one attached hydrogen (secondary N) is 1. The van der Waals surface area contributed by atoms with E-state index in [0.29, 0.717) is 6.54 Å². The molecule has 0 saturated heterocycles. The van der Waals surface area contributed by atoms with Crippen LogP contribution in [-0.4, -0.2) is 9.97 Å². The number of aromatic nitrogens is 2. The lowest BCUT2D eigenvalue weighted by Gasteiger charge is -2.04. The van der Waals surface area contributed by atoms with Crippen LogP contribution in [0.15, 0.2) is 22.1 Å². The number of halogens is 2. The van der Waals surface area contributed by atoms with Crippen LogP contribution in [0.25, 0.3) is 0 Å². The van der Waals surface area contributed by atoms with E-state index in [-0.39, 0.29) is 11.8 Å². The Hall–Kier alpha value is -1.21. The Morgan fingerprint density at radius 1 is 1.56 bits per heavy atom. The summed E-state index contributed by atoms with van der Waals surface area (Å²) in [5.74, 6) is -0.335. The first-order valence-electron chi connectivity index (χ1n) is 4.40. The van der Waals surface area contributed by atoms with Gasteiger partial charge in [0.15, 0.2) is 11.6 Å². The van der Waals surface area contributed by atoms with Crippen LogP contribution < -0.4 is 11.1 Å². The summed E-state index contributed by atoms with van der Waals surface area (Å²) in [4.78, 5) is 8.39. The number of nitrogens with zero attached hydrogens (tertiary/aromatic N) is 2. The highest BCUT2D eigenvalue weighted by molar-refractivity contribution is 9.10. The van der Waals surface area contributed by atoms with Crippen LogP contribution in [0.2, 0.25) is 0 Å². The van der Waals surface area contributed by atoms with E-state index in [1.54, 1.807) is 11.3 Å². The first-order valence-corrected chi connectivity index (χ1v) is 6.07. The van der Waals surface area contributed by atoms with Gasteiger partial charge in [0.2, 0.25) is 5.95 Å². The fourth-order valence-corrected chi connectivity index (χ4v) is 2.51. The van der Waals surface area contributed by atoms with Crippen molar-refractivity contribution < 1.29 is 4.39 Å². The minimum Gasteiger partial charge on any atom is -0.368 e. The Bertz CT molecular complexity index is 502. The van der Waals surface area contributed by atoms with Crippen molar-refractivity contribution in [2.75, 3.05) is 11.1 Å². The molecular formula is C9H8BrFN4S. The molecule has 2 heterocycles. The highest BCUT2D eigenvalue weighted by Gasteiger charge is 2.05. The third-order valence-electron chi connectivity index (χ3n) is 1.81. The van der Waals surface area contributed by atoms with E-state index in [9.17, 15) is 4.39 Å². The summed E-state index contributed by atoms with van der Waals surface area (Å²) in [7, 11) is 0. The Balaban J connectivity index is 2.07. The molecule has 0 spiro atoms. The molecule has 0 unspecified atom stereocenters. The zero-order chi connectivity index (χ0) is 11.5. The lowest BCUT2D eigenvalue weighted by Crippen LogP contribution is -2.05. The Kier molecular flexibility index (Phi) is 3.35. The van der Waals surface area contributed by atoms with E-state index >= 15 is 0 Å². The second-order valence-electron chi connectivity index (χ2n) is 3.01. The maximum atomic E-state index is 13.2. The highest BCUT2D eigenvalue weighted by Crippen LogP contribution is 2.21. The SMILES string of the molecule is Nc1ncc(F)c(NCc2cc(Br)cs2)n1. The number of thiophene rings is 1. The maximum absolute atomic E-state index is 13.2. The first kappa shape index (κ1) is 11.3. The average molecular weight is 303 g/mol. The minimum atomic E-state index is -0.509. The van der Waals surface area contributed by atoms with Crippen molar-refractivity contribution in [3.8, 4) is 0 Å². The summed E-state index contributed by atoms with van der Waals surface area (Å²) >= 11 is 4.92. The van der Waals surface area contributed by atoms with Crippen molar-refractivity contribution >= 4 is 39.0 Å². The predicted molar refractivity (Wildman–Crippen MR) is 65.7 cm³/mol. The summed E-state index contributed by atoms with van der Waals surface area (Å²) in [6.45, 7) is 0.504. The minimum absolute atomic E-state index is 0.0521. The van der Waals surface area contributed by atoms with E-state index in [0.717, 1.165) is 15.5 Å². The third-order valence-corrected chi connectivity index (χ3v) is 3.51. The third kappa shape index (κ3) is 2.67. The molecule has 2 aromatic rings. The van der Waals surface area contributed by atoms with E-state index in [2.05, 4.69) is 31.2 Å². The number of anilines is 2. The van der Waals surface area contributed by atoms with Gasteiger partial charge in [-0.15, -0.1) is 11.3 Å². The maximum Gasteiger partial charge on any atom is 0.222 e. The number of nitrogen functional groups attached to an aromatic ring is 1. The van der Waals surface area contributed by atoms with Gasteiger partial charge in [-0.1, -0.05) is 0 Å². The van der Waals surface area contributed by atoms with Crippen LogP contribution in [-0.2, 0) is 6.54 Å². The van der Waals surface area contributed by atoms with E-state index in [1.807, 2.05) is 11.4 Å². The fourth-order valence-electron chi connectivity index (χ4n) is 1.12. The van der Waals surface area contributed by atoms with Gasteiger partial charge in [0, 0.05) is 14.7 Å². The predicted octanol–water partition coefficient (Wildman–Crippen LogP) is 2.63. The van der Waals surface area contributed by atoms with Gasteiger partial charge in [0.25, 0.3) is 0 Å². The van der Waals surface area contributed by atoms with Crippen LogP contribution in [0, 0.1) is 5.82 Å². The van der Waals surface area contributed by atoms with Gasteiger partial charge < -0.3 is 11.1 Å². The highest BCUT2D eigenvalue weighted by atomic mass is 79.9. The molecule has 0 aliphatic carbocycles. The second kappa shape index (κ2) is 4.75. The van der Waals surface area contributed by atoms with Gasteiger partial charge in [-0.25, -0.2) is 9.37 Å². The molecule has 2 aromatic heterocycles. The van der Waals surface area contributed by atoms with E-state index in [1.165, 1.54) is 0 Å². The van der Waals surface area contributed by atoms with E-state index in [4.69, 9.17) is 5.73 Å². The summed E-state index contributed by atoms with van der Waals surface area (Å²) in [6.07, 6.45) is 1.05. The smallest absolute Gasteiger partial charge is 0.222 e. The van der Waals surface area contributed by atoms with Gasteiger partial charge in [-0.05, 0) is 22.0 Å². The molecule has 16 heavy (non-hydrogen) atoms. The molecular weight excluding hydrogens is 295 g/mol. The summed E-state index contributed by atoms with van der Waals surface area (Å²) in [5, 5.41) is 4.83. The zero-order valence-corrected chi connectivity index (χ0v) is 10.5. The summed E-state index contributed by atoms with van der Waals surface area (Å²) in [6, 6.07) is 1.96. The number of hydrogen-bond donors (Lipinski definition) is 2. The molecule has 7 heteroatoms. The molecule has 2 rings (SSSR count). The van der Waals surface area contributed by atoms with Gasteiger partial charge in [-0.3, -0.25) is 0 Å². The molecule has 0 aromatic carbocycles. The number of rotatable bonds is 3. The molecule has 84 valence electrons. The molecule has 0 saturated carbocycles. The van der Waals surface area contributed by atoms with Crippen LogP contribution in [0.5, 0.6) is 0 Å². The average Bonchev–Trinajstić information content (AvgIpc) is 2.66. The number of nitrogens with two attached hydrogens (primary N) is 1. The first-order chi connectivity index (χ1) is 7.65. The van der Waals surface area contributed by atoms with Crippen molar-refractivity contribution in [3.63, 3.8) is 0 Å². The molecule has 0 aliphatic heterocycles. The van der Waals surface area contributed by atoms with Crippen LogP contribution in [0.1, 0.15) is 4.88 Å². The molecule has 0 aliphatic rings.